The summed E-state index contributed by atoms with van der Waals surface area (Å²) in [6, 6.07) is 20.5. The van der Waals surface area contributed by atoms with E-state index < -0.39 is 6.04 Å². The first-order chi connectivity index (χ1) is 11.7. The van der Waals surface area contributed by atoms with Crippen molar-refractivity contribution in [3.63, 3.8) is 0 Å². The highest BCUT2D eigenvalue weighted by Gasteiger charge is 2.13. The van der Waals surface area contributed by atoms with Crippen molar-refractivity contribution in [3.8, 4) is 6.07 Å². The third-order valence-corrected chi connectivity index (χ3v) is 3.35. The lowest BCUT2D eigenvalue weighted by molar-refractivity contribution is -0.118. The van der Waals surface area contributed by atoms with Gasteiger partial charge in [0.15, 0.2) is 5.78 Å². The lowest BCUT2D eigenvalue weighted by Gasteiger charge is -2.13. The summed E-state index contributed by atoms with van der Waals surface area (Å²) < 4.78 is 5.82. The lowest BCUT2D eigenvalue weighted by Crippen LogP contribution is -2.32. The van der Waals surface area contributed by atoms with E-state index in [4.69, 9.17) is 10.00 Å². The van der Waals surface area contributed by atoms with Crippen LogP contribution in [-0.2, 0) is 16.1 Å². The van der Waals surface area contributed by atoms with Gasteiger partial charge in [0.2, 0.25) is 5.90 Å². The van der Waals surface area contributed by atoms with E-state index in [0.29, 0.717) is 12.5 Å². The molecule has 5 nitrogen and oxygen atoms in total. The average Bonchev–Trinajstić information content (AvgIpc) is 2.62. The Morgan fingerprint density at radius 1 is 1.17 bits per heavy atom. The molecule has 2 aromatic rings. The minimum Gasteiger partial charge on any atom is -0.471 e. The Labute approximate surface area is 141 Å². The molecule has 0 saturated carbocycles. The van der Waals surface area contributed by atoms with Crippen molar-refractivity contribution in [2.75, 3.05) is 0 Å². The van der Waals surface area contributed by atoms with Crippen LogP contribution < -0.4 is 5.43 Å². The van der Waals surface area contributed by atoms with E-state index in [9.17, 15) is 4.79 Å². The monoisotopic (exact) mass is 321 g/mol. The van der Waals surface area contributed by atoms with E-state index in [1.54, 1.807) is 0 Å². The molecule has 0 fully saturated rings. The van der Waals surface area contributed by atoms with Gasteiger partial charge in [-0.25, -0.2) is 0 Å². The molecule has 2 rings (SSSR count). The van der Waals surface area contributed by atoms with Crippen molar-refractivity contribution in [1.29, 1.82) is 5.26 Å². The van der Waals surface area contributed by atoms with Crippen LogP contribution in [0.1, 0.15) is 24.5 Å². The number of carbonyl (C=O) groups excluding carboxylic acids is 1. The molecule has 1 unspecified atom stereocenters. The van der Waals surface area contributed by atoms with Gasteiger partial charge in [0.1, 0.15) is 12.6 Å². The Kier molecular flexibility index (Phi) is 6.54. The Bertz CT molecular complexity index is 721. The van der Waals surface area contributed by atoms with E-state index in [1.807, 2.05) is 66.7 Å². The zero-order chi connectivity index (χ0) is 17.2. The number of nitriles is 1. The Morgan fingerprint density at radius 2 is 1.79 bits per heavy atom. The molecular formula is C19H19N3O2. The second-order valence-electron chi connectivity index (χ2n) is 5.21. The van der Waals surface area contributed by atoms with Crippen molar-refractivity contribution in [1.82, 2.24) is 5.43 Å². The number of carbonyl (C=O) groups is 1. The highest BCUT2D eigenvalue weighted by atomic mass is 16.5. The Morgan fingerprint density at radius 3 is 2.38 bits per heavy atom. The number of hydrogen-bond donors (Lipinski definition) is 1. The number of Topliss-reactive ketones (excluding diaryl/α,β-unsaturated/α-hetero) is 1. The standard InChI is InChI=1S/C19H19N3O2/c1-15(23)18(12-13-20)21-22-19(17-10-6-3-7-11-17)24-14-16-8-4-2-5-9-16/h2-11,18,21H,12,14H2,1H3. The molecule has 0 aliphatic carbocycles. The molecule has 0 amide bonds. The molecule has 0 heterocycles. The van der Waals surface area contributed by atoms with Crippen LogP contribution in [0.25, 0.3) is 0 Å². The molecule has 0 saturated heterocycles. The van der Waals surface area contributed by atoms with Crippen LogP contribution in [0.3, 0.4) is 0 Å². The Hall–Kier alpha value is -3.13. The summed E-state index contributed by atoms with van der Waals surface area (Å²) in [7, 11) is 0. The summed E-state index contributed by atoms with van der Waals surface area (Å²) in [5.74, 6) is 0.236. The summed E-state index contributed by atoms with van der Waals surface area (Å²) >= 11 is 0. The van der Waals surface area contributed by atoms with Crippen molar-refractivity contribution in [3.05, 3.63) is 71.8 Å². The maximum atomic E-state index is 11.5. The predicted molar refractivity (Wildman–Crippen MR) is 92.0 cm³/mol. The first-order valence-corrected chi connectivity index (χ1v) is 7.63. The van der Waals surface area contributed by atoms with Crippen LogP contribution in [0.4, 0.5) is 0 Å². The minimum absolute atomic E-state index is 0.0551. The second kappa shape index (κ2) is 9.11. The third kappa shape index (κ3) is 5.25. The van der Waals surface area contributed by atoms with Crippen LogP contribution in [0.2, 0.25) is 0 Å². The second-order valence-corrected chi connectivity index (χ2v) is 5.21. The van der Waals surface area contributed by atoms with E-state index in [0.717, 1.165) is 11.1 Å². The quantitative estimate of drug-likeness (QED) is 0.483. The van der Waals surface area contributed by atoms with E-state index in [-0.39, 0.29) is 12.2 Å². The summed E-state index contributed by atoms with van der Waals surface area (Å²) in [6.45, 7) is 1.79. The van der Waals surface area contributed by atoms with Crippen molar-refractivity contribution < 1.29 is 9.53 Å². The molecule has 0 radical (unpaired) electrons. The molecule has 122 valence electrons. The SMILES string of the molecule is CC(=O)C(CC#N)NN=C(OCc1ccccc1)c1ccccc1. The van der Waals surface area contributed by atoms with Crippen LogP contribution in [-0.4, -0.2) is 17.7 Å². The maximum Gasteiger partial charge on any atom is 0.238 e. The van der Waals surface area contributed by atoms with Gasteiger partial charge < -0.3 is 4.74 Å². The first kappa shape index (κ1) is 17.2. The number of nitrogens with one attached hydrogen (secondary N) is 1. The molecule has 0 aliphatic rings. The molecule has 0 bridgehead atoms. The zero-order valence-corrected chi connectivity index (χ0v) is 13.5. The fraction of sp³-hybridized carbons (Fsp3) is 0.211. The summed E-state index contributed by atoms with van der Waals surface area (Å²) in [5, 5.41) is 13.0. The maximum absolute atomic E-state index is 11.5. The number of hydrogen-bond acceptors (Lipinski definition) is 5. The molecule has 1 atom stereocenters. The zero-order valence-electron chi connectivity index (χ0n) is 13.5. The molecule has 24 heavy (non-hydrogen) atoms. The van der Waals surface area contributed by atoms with Crippen LogP contribution in [0, 0.1) is 11.3 Å². The Balaban J connectivity index is 2.15. The topological polar surface area (TPSA) is 74.5 Å². The van der Waals surface area contributed by atoms with E-state index in [2.05, 4.69) is 10.5 Å². The van der Waals surface area contributed by atoms with Gasteiger partial charge in [-0.15, -0.1) is 5.10 Å². The number of ether oxygens (including phenoxy) is 1. The van der Waals surface area contributed by atoms with Gasteiger partial charge in [-0.3, -0.25) is 10.2 Å². The summed E-state index contributed by atoms with van der Waals surface area (Å²) in [5.41, 5.74) is 4.55. The first-order valence-electron chi connectivity index (χ1n) is 7.63. The number of rotatable bonds is 7. The molecule has 0 aromatic heterocycles. The largest absolute Gasteiger partial charge is 0.471 e. The highest BCUT2D eigenvalue weighted by Crippen LogP contribution is 2.07. The summed E-state index contributed by atoms with van der Waals surface area (Å²) in [4.78, 5) is 11.5. The van der Waals surface area contributed by atoms with Crippen LogP contribution in [0.5, 0.6) is 0 Å². The van der Waals surface area contributed by atoms with E-state index in [1.165, 1.54) is 6.92 Å². The number of hydrazone groups is 1. The van der Waals surface area contributed by atoms with Gasteiger partial charge in [0.25, 0.3) is 0 Å². The normalized spacial score (nSPS) is 12.1. The third-order valence-electron chi connectivity index (χ3n) is 3.35. The van der Waals surface area contributed by atoms with Crippen molar-refractivity contribution >= 4 is 11.7 Å². The average molecular weight is 321 g/mol. The molecule has 0 aliphatic heterocycles. The molecule has 1 N–H and O–H groups in total. The smallest absolute Gasteiger partial charge is 0.238 e. The van der Waals surface area contributed by atoms with Gasteiger partial charge in [0.05, 0.1) is 12.5 Å². The predicted octanol–water partition coefficient (Wildman–Crippen LogP) is 3.03. The fourth-order valence-corrected chi connectivity index (χ4v) is 1.99. The molecule has 5 heteroatoms. The van der Waals surface area contributed by atoms with Gasteiger partial charge >= 0.3 is 0 Å². The van der Waals surface area contributed by atoms with Gasteiger partial charge in [-0.2, -0.15) is 5.26 Å². The van der Waals surface area contributed by atoms with E-state index >= 15 is 0 Å². The fourth-order valence-electron chi connectivity index (χ4n) is 1.99. The molecular weight excluding hydrogens is 302 g/mol. The van der Waals surface area contributed by atoms with Gasteiger partial charge in [0, 0.05) is 5.56 Å². The van der Waals surface area contributed by atoms with Crippen molar-refractivity contribution in [2.24, 2.45) is 5.10 Å². The van der Waals surface area contributed by atoms with Crippen molar-refractivity contribution in [2.45, 2.75) is 26.0 Å². The molecule has 0 spiro atoms. The number of benzene rings is 2. The van der Waals surface area contributed by atoms with Gasteiger partial charge in [-0.05, 0) is 24.6 Å². The van der Waals surface area contributed by atoms with Gasteiger partial charge in [-0.1, -0.05) is 48.5 Å². The summed E-state index contributed by atoms with van der Waals surface area (Å²) in [6.07, 6.45) is 0.0551. The number of nitrogens with zero attached hydrogens (tertiary/aromatic N) is 2. The lowest BCUT2D eigenvalue weighted by atomic mass is 10.1. The minimum atomic E-state index is -0.644. The molecule has 2 aromatic carbocycles. The highest BCUT2D eigenvalue weighted by molar-refractivity contribution is 5.94. The number of ketones is 1. The van der Waals surface area contributed by atoms with Crippen LogP contribution in [0.15, 0.2) is 65.8 Å². The van der Waals surface area contributed by atoms with Crippen LogP contribution >= 0.6 is 0 Å².